The van der Waals surface area contributed by atoms with Crippen molar-refractivity contribution in [3.63, 3.8) is 0 Å². The molecule has 0 radical (unpaired) electrons. The summed E-state index contributed by atoms with van der Waals surface area (Å²) in [5.74, 6) is 1.35. The number of piperidine rings is 1. The van der Waals surface area contributed by atoms with Gasteiger partial charge in [-0.1, -0.05) is 6.92 Å². The zero-order valence-corrected chi connectivity index (χ0v) is 18.7. The van der Waals surface area contributed by atoms with Crippen LogP contribution in [0.1, 0.15) is 30.1 Å². The number of carbonyl (C=O) groups excluding carboxylic acids is 1. The van der Waals surface area contributed by atoms with Crippen molar-refractivity contribution in [2.45, 2.75) is 19.8 Å². The molecule has 2 aliphatic heterocycles. The fraction of sp³-hybridized carbons (Fsp3) is 0.417. The average molecular weight is 446 g/mol. The maximum atomic E-state index is 13.0. The molecule has 2 saturated heterocycles. The highest BCUT2D eigenvalue weighted by molar-refractivity contribution is 5.97. The van der Waals surface area contributed by atoms with Crippen molar-refractivity contribution in [3.8, 4) is 5.69 Å². The molecule has 33 heavy (non-hydrogen) atoms. The quantitative estimate of drug-likeness (QED) is 0.482. The molecule has 9 heteroatoms. The van der Waals surface area contributed by atoms with Crippen molar-refractivity contribution in [1.29, 1.82) is 0 Å². The molecule has 0 N–H and O–H groups in total. The molecule has 4 aromatic rings. The second-order valence-electron chi connectivity index (χ2n) is 9.02. The van der Waals surface area contributed by atoms with E-state index >= 15 is 0 Å². The standard InChI is InChI=1S/C24H27N7O2/c1-17-3-2-6-29(16-17)23(32)19-13-18-4-7-30(22(18)25-15-19)20-5-8-31-21(14-20)26-24(27-31)28-9-11-33-12-10-28/h4-5,7-8,13-15,17H,2-3,6,9-12,16H2,1H3/t17-/m0/s1. The molecule has 6 heterocycles. The minimum atomic E-state index is 0.0734. The van der Waals surface area contributed by atoms with E-state index in [1.807, 2.05) is 46.1 Å². The van der Waals surface area contributed by atoms with Crippen LogP contribution in [0.25, 0.3) is 22.4 Å². The summed E-state index contributed by atoms with van der Waals surface area (Å²) < 4.78 is 9.25. The third-order valence-electron chi connectivity index (χ3n) is 6.60. The van der Waals surface area contributed by atoms with Crippen LogP contribution in [0.4, 0.5) is 5.95 Å². The maximum absolute atomic E-state index is 13.0. The average Bonchev–Trinajstić information content (AvgIpc) is 3.47. The lowest BCUT2D eigenvalue weighted by Crippen LogP contribution is -2.39. The summed E-state index contributed by atoms with van der Waals surface area (Å²) in [6.07, 6.45) is 7.86. The van der Waals surface area contributed by atoms with Gasteiger partial charge in [-0.3, -0.25) is 4.79 Å². The number of likely N-dealkylation sites (tertiary alicyclic amines) is 1. The predicted molar refractivity (Wildman–Crippen MR) is 125 cm³/mol. The van der Waals surface area contributed by atoms with E-state index in [-0.39, 0.29) is 5.91 Å². The van der Waals surface area contributed by atoms with E-state index in [4.69, 9.17) is 9.72 Å². The van der Waals surface area contributed by atoms with Crippen LogP contribution in [0.3, 0.4) is 0 Å². The number of ether oxygens (including phenoxy) is 1. The zero-order chi connectivity index (χ0) is 22.4. The molecule has 2 fully saturated rings. The molecule has 0 aromatic carbocycles. The number of nitrogens with zero attached hydrogens (tertiary/aromatic N) is 7. The number of amides is 1. The smallest absolute Gasteiger partial charge is 0.255 e. The Morgan fingerprint density at radius 2 is 2.00 bits per heavy atom. The van der Waals surface area contributed by atoms with E-state index in [1.165, 1.54) is 6.42 Å². The van der Waals surface area contributed by atoms with Gasteiger partial charge in [-0.05, 0) is 37.0 Å². The third kappa shape index (κ3) is 3.72. The van der Waals surface area contributed by atoms with Gasteiger partial charge in [0, 0.05) is 56.2 Å². The molecule has 0 spiro atoms. The van der Waals surface area contributed by atoms with Gasteiger partial charge in [0.15, 0.2) is 5.65 Å². The highest BCUT2D eigenvalue weighted by Crippen LogP contribution is 2.23. The molecule has 4 aromatic heterocycles. The van der Waals surface area contributed by atoms with Gasteiger partial charge in [0.1, 0.15) is 5.65 Å². The summed E-state index contributed by atoms with van der Waals surface area (Å²) >= 11 is 0. The lowest BCUT2D eigenvalue weighted by atomic mass is 9.99. The minimum absolute atomic E-state index is 0.0734. The Balaban J connectivity index is 1.29. The van der Waals surface area contributed by atoms with Crippen molar-refractivity contribution in [2.75, 3.05) is 44.3 Å². The Morgan fingerprint density at radius 1 is 1.12 bits per heavy atom. The number of hydrogen-bond acceptors (Lipinski definition) is 6. The van der Waals surface area contributed by atoms with E-state index in [0.29, 0.717) is 24.7 Å². The van der Waals surface area contributed by atoms with Crippen LogP contribution in [0.5, 0.6) is 0 Å². The first-order valence-corrected chi connectivity index (χ1v) is 11.6. The van der Waals surface area contributed by atoms with Gasteiger partial charge in [0.05, 0.1) is 24.5 Å². The van der Waals surface area contributed by atoms with E-state index < -0.39 is 0 Å². The zero-order valence-electron chi connectivity index (χ0n) is 18.7. The molecule has 1 amide bonds. The SMILES string of the molecule is C[C@H]1CCCN(C(=O)c2cnc3c(ccn3-c3ccn4nc(N5CCOCC5)nc4c3)c2)C1. The second-order valence-corrected chi connectivity index (χ2v) is 9.02. The van der Waals surface area contributed by atoms with Gasteiger partial charge >= 0.3 is 0 Å². The molecule has 2 aliphatic rings. The second kappa shape index (κ2) is 8.15. The monoisotopic (exact) mass is 445 g/mol. The number of pyridine rings is 2. The highest BCUT2D eigenvalue weighted by atomic mass is 16.5. The van der Waals surface area contributed by atoms with Crippen LogP contribution in [-0.4, -0.2) is 74.3 Å². The van der Waals surface area contributed by atoms with Gasteiger partial charge in [-0.25, -0.2) is 9.50 Å². The van der Waals surface area contributed by atoms with E-state index in [1.54, 1.807) is 10.7 Å². The predicted octanol–water partition coefficient (Wildman–Crippen LogP) is 2.78. The number of hydrogen-bond donors (Lipinski definition) is 0. The van der Waals surface area contributed by atoms with Gasteiger partial charge in [0.2, 0.25) is 5.95 Å². The Hall–Kier alpha value is -3.46. The van der Waals surface area contributed by atoms with Gasteiger partial charge in [-0.15, -0.1) is 5.10 Å². The van der Waals surface area contributed by atoms with Gasteiger partial charge in [0.25, 0.3) is 5.91 Å². The number of fused-ring (bicyclic) bond motifs is 2. The van der Waals surface area contributed by atoms with E-state index in [9.17, 15) is 4.79 Å². The van der Waals surface area contributed by atoms with Crippen molar-refractivity contribution in [3.05, 3.63) is 48.4 Å². The van der Waals surface area contributed by atoms with E-state index in [0.717, 1.165) is 60.9 Å². The summed E-state index contributed by atoms with van der Waals surface area (Å²) in [4.78, 5) is 26.5. The Labute approximate surface area is 191 Å². The molecule has 0 aliphatic carbocycles. The van der Waals surface area contributed by atoms with E-state index in [2.05, 4.69) is 21.9 Å². The fourth-order valence-electron chi connectivity index (χ4n) is 4.81. The number of rotatable bonds is 3. The summed E-state index contributed by atoms with van der Waals surface area (Å²) in [5, 5.41) is 5.56. The molecule has 0 saturated carbocycles. The summed E-state index contributed by atoms with van der Waals surface area (Å²) in [7, 11) is 0. The largest absolute Gasteiger partial charge is 0.378 e. The summed E-state index contributed by atoms with van der Waals surface area (Å²) in [6, 6.07) is 7.96. The van der Waals surface area contributed by atoms with Crippen LogP contribution in [-0.2, 0) is 4.74 Å². The molecule has 0 bridgehead atoms. The molecule has 9 nitrogen and oxygen atoms in total. The van der Waals surface area contributed by atoms with Crippen molar-refractivity contribution in [2.24, 2.45) is 5.92 Å². The van der Waals surface area contributed by atoms with Crippen LogP contribution in [0, 0.1) is 5.92 Å². The van der Waals surface area contributed by atoms with Gasteiger partial charge in [-0.2, -0.15) is 4.98 Å². The molecule has 1 atom stereocenters. The van der Waals surface area contributed by atoms with Crippen LogP contribution < -0.4 is 4.90 Å². The van der Waals surface area contributed by atoms with Crippen molar-refractivity contribution >= 4 is 28.5 Å². The Bertz CT molecular complexity index is 1320. The molecule has 6 rings (SSSR count). The molecule has 0 unspecified atom stereocenters. The van der Waals surface area contributed by atoms with Crippen LogP contribution in [0.15, 0.2) is 42.9 Å². The minimum Gasteiger partial charge on any atom is -0.378 e. The molecular formula is C24H27N7O2. The normalized spacial score (nSPS) is 19.5. The lowest BCUT2D eigenvalue weighted by Gasteiger charge is -2.30. The maximum Gasteiger partial charge on any atom is 0.255 e. The highest BCUT2D eigenvalue weighted by Gasteiger charge is 2.23. The summed E-state index contributed by atoms with van der Waals surface area (Å²) in [5.41, 5.74) is 3.20. The molecular weight excluding hydrogens is 418 g/mol. The topological polar surface area (TPSA) is 80.8 Å². The lowest BCUT2D eigenvalue weighted by molar-refractivity contribution is 0.0683. The first-order valence-electron chi connectivity index (χ1n) is 11.6. The Kier molecular flexibility index (Phi) is 4.98. The number of anilines is 1. The van der Waals surface area contributed by atoms with Gasteiger partial charge < -0.3 is 19.1 Å². The fourth-order valence-corrected chi connectivity index (χ4v) is 4.81. The van der Waals surface area contributed by atoms with Crippen molar-refractivity contribution in [1.82, 2.24) is 29.0 Å². The summed E-state index contributed by atoms with van der Waals surface area (Å²) in [6.45, 7) is 6.85. The van der Waals surface area contributed by atoms with Crippen LogP contribution >= 0.6 is 0 Å². The Morgan fingerprint density at radius 3 is 2.85 bits per heavy atom. The first kappa shape index (κ1) is 20.2. The third-order valence-corrected chi connectivity index (χ3v) is 6.60. The number of morpholine rings is 1. The number of aromatic nitrogens is 5. The van der Waals surface area contributed by atoms with Crippen molar-refractivity contribution < 1.29 is 9.53 Å². The van der Waals surface area contributed by atoms with Crippen LogP contribution in [0.2, 0.25) is 0 Å². The number of carbonyl (C=O) groups is 1. The first-order chi connectivity index (χ1) is 16.2. The molecule has 170 valence electrons.